The Morgan fingerprint density at radius 2 is 2.19 bits per heavy atom. The third-order valence-corrected chi connectivity index (χ3v) is 4.19. The molecule has 1 aliphatic rings. The molecule has 2 rings (SSSR count). The number of rotatable bonds is 3. The van der Waals surface area contributed by atoms with Crippen LogP contribution in [0.25, 0.3) is 0 Å². The van der Waals surface area contributed by atoms with Gasteiger partial charge in [-0.15, -0.1) is 0 Å². The van der Waals surface area contributed by atoms with Crippen molar-refractivity contribution < 1.29 is 0 Å². The minimum absolute atomic E-state index is 0.721. The Balaban J connectivity index is 1.72. The van der Waals surface area contributed by atoms with Crippen molar-refractivity contribution in [1.29, 1.82) is 0 Å². The molecule has 0 aliphatic carbocycles. The zero-order valence-electron chi connectivity index (χ0n) is 9.11. The Labute approximate surface area is 106 Å². The number of para-hydroxylation sites is 1. The molecule has 1 heterocycles. The first-order valence-electron chi connectivity index (χ1n) is 5.56. The van der Waals surface area contributed by atoms with Crippen LogP contribution in [0.4, 0.5) is 5.69 Å². The van der Waals surface area contributed by atoms with Gasteiger partial charge in [0.05, 0.1) is 0 Å². The molecule has 1 saturated heterocycles. The van der Waals surface area contributed by atoms with Gasteiger partial charge in [-0.05, 0) is 42.9 Å². The summed E-state index contributed by atoms with van der Waals surface area (Å²) < 4.78 is 0. The quantitative estimate of drug-likeness (QED) is 0.808. The molecular formula is C12H16N2S2. The van der Waals surface area contributed by atoms with Crippen LogP contribution in [0, 0.1) is 0 Å². The summed E-state index contributed by atoms with van der Waals surface area (Å²) in [6.07, 6.45) is 2.65. The molecule has 1 atom stereocenters. The number of thioether (sulfide) groups is 1. The molecular weight excluding hydrogens is 236 g/mol. The van der Waals surface area contributed by atoms with Crippen molar-refractivity contribution in [2.24, 2.45) is 0 Å². The van der Waals surface area contributed by atoms with Crippen LogP contribution in [-0.2, 0) is 0 Å². The molecule has 0 amide bonds. The number of anilines is 1. The van der Waals surface area contributed by atoms with Crippen LogP contribution in [0.15, 0.2) is 30.3 Å². The number of hydrogen-bond acceptors (Lipinski definition) is 2. The van der Waals surface area contributed by atoms with Crippen LogP contribution >= 0.6 is 24.0 Å². The van der Waals surface area contributed by atoms with Gasteiger partial charge in [0.2, 0.25) is 0 Å². The maximum atomic E-state index is 5.24. The Hall–Kier alpha value is -0.740. The van der Waals surface area contributed by atoms with E-state index in [0.29, 0.717) is 0 Å². The number of thiocarbonyl (C=S) groups is 1. The summed E-state index contributed by atoms with van der Waals surface area (Å²) >= 11 is 7.28. The van der Waals surface area contributed by atoms with Gasteiger partial charge in [0.1, 0.15) is 0 Å². The first kappa shape index (κ1) is 11.7. The van der Waals surface area contributed by atoms with Crippen molar-refractivity contribution in [1.82, 2.24) is 5.32 Å². The molecule has 0 aromatic heterocycles. The standard InChI is InChI=1S/C12H16N2S2/c15-12(13-9-11-7-4-8-16-11)14-10-5-2-1-3-6-10/h1-3,5-6,11H,4,7-9H2,(H2,13,14,15). The lowest BCUT2D eigenvalue weighted by molar-refractivity contribution is 0.750. The molecule has 1 aliphatic heterocycles. The fourth-order valence-electron chi connectivity index (χ4n) is 1.71. The molecule has 0 radical (unpaired) electrons. The summed E-state index contributed by atoms with van der Waals surface area (Å²) in [5, 5.41) is 7.90. The normalized spacial score (nSPS) is 19.4. The zero-order chi connectivity index (χ0) is 11.2. The van der Waals surface area contributed by atoms with E-state index in [9.17, 15) is 0 Å². The third-order valence-electron chi connectivity index (χ3n) is 2.55. The minimum Gasteiger partial charge on any atom is -0.361 e. The molecule has 0 spiro atoms. The number of hydrogen-bond donors (Lipinski definition) is 2. The Morgan fingerprint density at radius 1 is 1.38 bits per heavy atom. The summed E-state index contributed by atoms with van der Waals surface area (Å²) in [5.74, 6) is 1.30. The van der Waals surface area contributed by atoms with E-state index in [4.69, 9.17) is 12.2 Å². The second-order valence-electron chi connectivity index (χ2n) is 3.84. The monoisotopic (exact) mass is 252 g/mol. The summed E-state index contributed by atoms with van der Waals surface area (Å²) in [5.41, 5.74) is 1.04. The largest absolute Gasteiger partial charge is 0.361 e. The highest BCUT2D eigenvalue weighted by atomic mass is 32.2. The number of benzene rings is 1. The van der Waals surface area contributed by atoms with E-state index < -0.39 is 0 Å². The average molecular weight is 252 g/mol. The summed E-state index contributed by atoms with van der Waals surface area (Å²) in [7, 11) is 0. The van der Waals surface area contributed by atoms with Gasteiger partial charge in [0, 0.05) is 17.5 Å². The molecule has 0 saturated carbocycles. The van der Waals surface area contributed by atoms with E-state index >= 15 is 0 Å². The SMILES string of the molecule is S=C(NCC1CCCS1)Nc1ccccc1. The lowest BCUT2D eigenvalue weighted by Crippen LogP contribution is -2.33. The van der Waals surface area contributed by atoms with Crippen molar-refractivity contribution in [3.63, 3.8) is 0 Å². The van der Waals surface area contributed by atoms with Gasteiger partial charge >= 0.3 is 0 Å². The van der Waals surface area contributed by atoms with Crippen LogP contribution in [-0.4, -0.2) is 22.7 Å². The molecule has 4 heteroatoms. The molecule has 2 nitrogen and oxygen atoms in total. The van der Waals surface area contributed by atoms with Crippen molar-refractivity contribution in [3.05, 3.63) is 30.3 Å². The van der Waals surface area contributed by atoms with E-state index in [-0.39, 0.29) is 0 Å². The second-order valence-corrected chi connectivity index (χ2v) is 5.65. The van der Waals surface area contributed by atoms with Gasteiger partial charge < -0.3 is 10.6 Å². The molecule has 1 aromatic rings. The smallest absolute Gasteiger partial charge is 0.170 e. The summed E-state index contributed by atoms with van der Waals surface area (Å²) in [6.45, 7) is 0.976. The molecule has 1 aromatic carbocycles. The Bertz CT molecular complexity index is 334. The van der Waals surface area contributed by atoms with E-state index in [1.807, 2.05) is 42.1 Å². The fourth-order valence-corrected chi connectivity index (χ4v) is 3.11. The van der Waals surface area contributed by atoms with Crippen LogP contribution in [0.2, 0.25) is 0 Å². The van der Waals surface area contributed by atoms with Crippen molar-refractivity contribution in [2.45, 2.75) is 18.1 Å². The van der Waals surface area contributed by atoms with Gasteiger partial charge in [-0.1, -0.05) is 18.2 Å². The highest BCUT2D eigenvalue weighted by Gasteiger charge is 2.15. The van der Waals surface area contributed by atoms with Crippen LogP contribution in [0.3, 0.4) is 0 Å². The minimum atomic E-state index is 0.721. The Kier molecular flexibility index (Phi) is 4.48. The molecule has 2 N–H and O–H groups in total. The molecule has 1 unspecified atom stereocenters. The van der Waals surface area contributed by atoms with Crippen molar-refractivity contribution >= 4 is 34.8 Å². The van der Waals surface area contributed by atoms with Crippen LogP contribution < -0.4 is 10.6 Å². The predicted octanol–water partition coefficient (Wildman–Crippen LogP) is 2.87. The first-order chi connectivity index (χ1) is 7.84. The third kappa shape index (κ3) is 3.68. The van der Waals surface area contributed by atoms with E-state index in [1.54, 1.807) is 0 Å². The van der Waals surface area contributed by atoms with Gasteiger partial charge in [0.25, 0.3) is 0 Å². The van der Waals surface area contributed by atoms with Crippen molar-refractivity contribution in [3.8, 4) is 0 Å². The van der Waals surface area contributed by atoms with Crippen LogP contribution in [0.5, 0.6) is 0 Å². The lowest BCUT2D eigenvalue weighted by Gasteiger charge is -2.13. The molecule has 1 fully saturated rings. The summed E-state index contributed by atoms with van der Waals surface area (Å²) in [6, 6.07) is 10.0. The van der Waals surface area contributed by atoms with Gasteiger partial charge in [-0.3, -0.25) is 0 Å². The number of nitrogens with one attached hydrogen (secondary N) is 2. The fraction of sp³-hybridized carbons (Fsp3) is 0.417. The maximum Gasteiger partial charge on any atom is 0.170 e. The van der Waals surface area contributed by atoms with E-state index in [2.05, 4.69) is 10.6 Å². The maximum absolute atomic E-state index is 5.24. The van der Waals surface area contributed by atoms with E-state index in [0.717, 1.165) is 22.6 Å². The van der Waals surface area contributed by atoms with Crippen molar-refractivity contribution in [2.75, 3.05) is 17.6 Å². The highest BCUT2D eigenvalue weighted by Crippen LogP contribution is 2.25. The topological polar surface area (TPSA) is 24.1 Å². The highest BCUT2D eigenvalue weighted by molar-refractivity contribution is 8.00. The predicted molar refractivity (Wildman–Crippen MR) is 76.1 cm³/mol. The van der Waals surface area contributed by atoms with Gasteiger partial charge in [-0.2, -0.15) is 11.8 Å². The molecule has 16 heavy (non-hydrogen) atoms. The van der Waals surface area contributed by atoms with Gasteiger partial charge in [0.15, 0.2) is 5.11 Å². The Morgan fingerprint density at radius 3 is 2.88 bits per heavy atom. The lowest BCUT2D eigenvalue weighted by atomic mass is 10.2. The summed E-state index contributed by atoms with van der Waals surface area (Å²) in [4.78, 5) is 0. The molecule has 0 bridgehead atoms. The second kappa shape index (κ2) is 6.11. The average Bonchev–Trinajstić information content (AvgIpc) is 2.81. The zero-order valence-corrected chi connectivity index (χ0v) is 10.7. The molecule has 86 valence electrons. The first-order valence-corrected chi connectivity index (χ1v) is 7.02. The van der Waals surface area contributed by atoms with E-state index in [1.165, 1.54) is 18.6 Å². The van der Waals surface area contributed by atoms with Gasteiger partial charge in [-0.25, -0.2) is 0 Å². The van der Waals surface area contributed by atoms with Crippen LogP contribution in [0.1, 0.15) is 12.8 Å².